The topological polar surface area (TPSA) is 59.9 Å². The Morgan fingerprint density at radius 1 is 1.32 bits per heavy atom. The van der Waals surface area contributed by atoms with Crippen molar-refractivity contribution in [2.45, 2.75) is 13.5 Å². The zero-order valence-electron chi connectivity index (χ0n) is 10.2. The summed E-state index contributed by atoms with van der Waals surface area (Å²) in [5, 5.41) is 3.49. The molecule has 0 aliphatic heterocycles. The van der Waals surface area contributed by atoms with E-state index in [1.54, 1.807) is 18.5 Å². The molecule has 0 aliphatic rings. The van der Waals surface area contributed by atoms with Crippen molar-refractivity contribution in [2.24, 2.45) is 0 Å². The molecule has 0 fully saturated rings. The Morgan fingerprint density at radius 2 is 2.16 bits per heavy atom. The van der Waals surface area contributed by atoms with E-state index in [0.29, 0.717) is 30.0 Å². The molecule has 0 unspecified atom stereocenters. The number of nitrogens with one attached hydrogen (secondary N) is 1. The molecule has 0 aliphatic carbocycles. The van der Waals surface area contributed by atoms with E-state index in [0.717, 1.165) is 10.2 Å². The van der Waals surface area contributed by atoms with Gasteiger partial charge in [-0.05, 0) is 28.9 Å². The van der Waals surface area contributed by atoms with Crippen LogP contribution in [-0.4, -0.2) is 21.6 Å². The Bertz CT molecular complexity index is 567. The van der Waals surface area contributed by atoms with Crippen molar-refractivity contribution in [3.63, 3.8) is 0 Å². The first-order chi connectivity index (χ1) is 9.17. The van der Waals surface area contributed by atoms with Gasteiger partial charge in [0, 0.05) is 23.3 Å². The molecule has 2 aromatic heterocycles. The third kappa shape index (κ3) is 4.41. The van der Waals surface area contributed by atoms with Crippen molar-refractivity contribution in [3.05, 3.63) is 40.0 Å². The fourth-order valence-electron chi connectivity index (χ4n) is 1.41. The molecule has 0 atom stereocenters. The number of nitrogens with zero attached hydrogens (tertiary/aromatic N) is 3. The molecule has 0 saturated heterocycles. The lowest BCUT2D eigenvalue weighted by Crippen LogP contribution is -2.03. The van der Waals surface area contributed by atoms with E-state index in [2.05, 4.69) is 36.2 Å². The van der Waals surface area contributed by atoms with E-state index in [1.165, 1.54) is 0 Å². The first-order valence-corrected chi connectivity index (χ1v) is 6.83. The van der Waals surface area contributed by atoms with Gasteiger partial charge in [-0.1, -0.05) is 11.6 Å². The van der Waals surface area contributed by atoms with E-state index < -0.39 is 0 Å². The highest BCUT2D eigenvalue weighted by Gasteiger charge is 2.04. The molecule has 0 bridgehead atoms. The highest BCUT2D eigenvalue weighted by molar-refractivity contribution is 9.10. The minimum Gasteiger partial charge on any atom is -0.374 e. The van der Waals surface area contributed by atoms with Gasteiger partial charge in [0.1, 0.15) is 17.6 Å². The predicted molar refractivity (Wildman–Crippen MR) is 77.6 cm³/mol. The summed E-state index contributed by atoms with van der Waals surface area (Å²) < 4.78 is 6.15. The number of anilines is 2. The van der Waals surface area contributed by atoms with Crippen LogP contribution in [-0.2, 0) is 11.3 Å². The third-order valence-electron chi connectivity index (χ3n) is 2.15. The smallest absolute Gasteiger partial charge is 0.158 e. The normalized spacial score (nSPS) is 10.5. The van der Waals surface area contributed by atoms with Crippen molar-refractivity contribution >= 4 is 39.0 Å². The Morgan fingerprint density at radius 3 is 2.89 bits per heavy atom. The van der Waals surface area contributed by atoms with E-state index >= 15 is 0 Å². The molecule has 0 aromatic carbocycles. The van der Waals surface area contributed by atoms with Crippen molar-refractivity contribution in [1.29, 1.82) is 0 Å². The van der Waals surface area contributed by atoms with Crippen molar-refractivity contribution in [2.75, 3.05) is 11.9 Å². The van der Waals surface area contributed by atoms with Gasteiger partial charge in [-0.15, -0.1) is 0 Å². The van der Waals surface area contributed by atoms with Crippen LogP contribution in [0.2, 0.25) is 5.15 Å². The Labute approximate surface area is 124 Å². The van der Waals surface area contributed by atoms with Crippen LogP contribution < -0.4 is 5.32 Å². The number of halogens is 2. The molecule has 100 valence electrons. The molecule has 5 nitrogen and oxygen atoms in total. The van der Waals surface area contributed by atoms with E-state index in [1.807, 2.05) is 13.0 Å². The number of pyridine rings is 1. The first kappa shape index (κ1) is 14.2. The lowest BCUT2D eigenvalue weighted by Gasteiger charge is -2.08. The van der Waals surface area contributed by atoms with Gasteiger partial charge in [0.2, 0.25) is 0 Å². The fourth-order valence-corrected chi connectivity index (χ4v) is 1.98. The lowest BCUT2D eigenvalue weighted by molar-refractivity contribution is 0.128. The van der Waals surface area contributed by atoms with Gasteiger partial charge in [0.25, 0.3) is 0 Å². The van der Waals surface area contributed by atoms with Gasteiger partial charge >= 0.3 is 0 Å². The van der Waals surface area contributed by atoms with Crippen LogP contribution in [0.1, 0.15) is 12.7 Å². The number of hydrogen-bond acceptors (Lipinski definition) is 5. The molecular formula is C12H12BrClN4O. The van der Waals surface area contributed by atoms with Crippen molar-refractivity contribution in [1.82, 2.24) is 15.0 Å². The molecular weight excluding hydrogens is 332 g/mol. The predicted octanol–water partition coefficient (Wildman–Crippen LogP) is 3.57. The number of hydrogen-bond donors (Lipinski definition) is 1. The second kappa shape index (κ2) is 6.79. The van der Waals surface area contributed by atoms with Crippen LogP contribution >= 0.6 is 27.5 Å². The number of ether oxygens (including phenoxy) is 1. The first-order valence-electron chi connectivity index (χ1n) is 5.66. The molecule has 0 amide bonds. The van der Waals surface area contributed by atoms with Gasteiger partial charge in [-0.25, -0.2) is 9.97 Å². The van der Waals surface area contributed by atoms with Gasteiger partial charge in [-0.3, -0.25) is 4.98 Å². The lowest BCUT2D eigenvalue weighted by atomic mass is 10.4. The molecule has 7 heteroatoms. The highest BCUT2D eigenvalue weighted by atomic mass is 79.9. The molecule has 2 heterocycles. The SMILES string of the molecule is CCOCc1nc(Cl)cc(Nc2cncc(Br)c2)n1. The summed E-state index contributed by atoms with van der Waals surface area (Å²) in [5.74, 6) is 1.15. The van der Waals surface area contributed by atoms with Crippen LogP contribution in [0.25, 0.3) is 0 Å². The van der Waals surface area contributed by atoms with Gasteiger partial charge in [0.15, 0.2) is 5.82 Å². The molecule has 0 radical (unpaired) electrons. The van der Waals surface area contributed by atoms with Crippen LogP contribution in [0, 0.1) is 0 Å². The highest BCUT2D eigenvalue weighted by Crippen LogP contribution is 2.19. The van der Waals surface area contributed by atoms with Crippen LogP contribution in [0.5, 0.6) is 0 Å². The van der Waals surface area contributed by atoms with E-state index in [4.69, 9.17) is 16.3 Å². The molecule has 1 N–H and O–H groups in total. The summed E-state index contributed by atoms with van der Waals surface area (Å²) in [6, 6.07) is 3.54. The van der Waals surface area contributed by atoms with Gasteiger partial charge < -0.3 is 10.1 Å². The van der Waals surface area contributed by atoms with Crippen LogP contribution in [0.3, 0.4) is 0 Å². The summed E-state index contributed by atoms with van der Waals surface area (Å²) in [6.07, 6.45) is 3.40. The minimum absolute atomic E-state index is 0.336. The molecule has 19 heavy (non-hydrogen) atoms. The third-order valence-corrected chi connectivity index (χ3v) is 2.78. The summed E-state index contributed by atoms with van der Waals surface area (Å²) in [4.78, 5) is 12.5. The zero-order valence-corrected chi connectivity index (χ0v) is 12.6. The maximum atomic E-state index is 5.95. The second-order valence-electron chi connectivity index (χ2n) is 3.65. The Kier molecular flexibility index (Phi) is 5.07. The molecule has 2 rings (SSSR count). The molecule has 0 spiro atoms. The quantitative estimate of drug-likeness (QED) is 0.841. The molecule has 0 saturated carbocycles. The fraction of sp³-hybridized carbons (Fsp3) is 0.250. The zero-order chi connectivity index (χ0) is 13.7. The van der Waals surface area contributed by atoms with Gasteiger partial charge in [-0.2, -0.15) is 0 Å². The Balaban J connectivity index is 2.17. The summed E-state index contributed by atoms with van der Waals surface area (Å²) in [7, 11) is 0. The van der Waals surface area contributed by atoms with Crippen molar-refractivity contribution < 1.29 is 4.74 Å². The van der Waals surface area contributed by atoms with Crippen LogP contribution in [0.15, 0.2) is 29.0 Å². The largest absolute Gasteiger partial charge is 0.374 e. The monoisotopic (exact) mass is 342 g/mol. The summed E-state index contributed by atoms with van der Waals surface area (Å²) >= 11 is 9.31. The maximum absolute atomic E-state index is 5.95. The summed E-state index contributed by atoms with van der Waals surface area (Å²) in [6.45, 7) is 2.85. The number of aromatic nitrogens is 3. The van der Waals surface area contributed by atoms with Crippen molar-refractivity contribution in [3.8, 4) is 0 Å². The summed E-state index contributed by atoms with van der Waals surface area (Å²) in [5.41, 5.74) is 0.812. The second-order valence-corrected chi connectivity index (χ2v) is 4.95. The average Bonchev–Trinajstić information content (AvgIpc) is 2.35. The average molecular weight is 344 g/mol. The maximum Gasteiger partial charge on any atom is 0.158 e. The van der Waals surface area contributed by atoms with E-state index in [-0.39, 0.29) is 0 Å². The van der Waals surface area contributed by atoms with Gasteiger partial charge in [0.05, 0.1) is 11.9 Å². The van der Waals surface area contributed by atoms with E-state index in [9.17, 15) is 0 Å². The minimum atomic E-state index is 0.336. The molecule has 2 aromatic rings. The number of rotatable bonds is 5. The van der Waals surface area contributed by atoms with Crippen LogP contribution in [0.4, 0.5) is 11.5 Å². The Hall–Kier alpha value is -1.24. The standard InChI is InChI=1S/C12H12BrClN4O/c1-2-19-7-12-17-10(14)4-11(18-12)16-9-3-8(13)5-15-6-9/h3-6H,2,7H2,1H3,(H,16,17,18).